The molecule has 3 rings (SSSR count). The number of benzene rings is 2. The molecule has 0 atom stereocenters. The van der Waals surface area contributed by atoms with Crippen LogP contribution in [0.25, 0.3) is 11.1 Å². The van der Waals surface area contributed by atoms with E-state index in [-0.39, 0.29) is 5.69 Å². The van der Waals surface area contributed by atoms with E-state index in [0.717, 1.165) is 11.1 Å². The summed E-state index contributed by atoms with van der Waals surface area (Å²) in [7, 11) is 0. The van der Waals surface area contributed by atoms with Crippen LogP contribution in [0.5, 0.6) is 0 Å². The van der Waals surface area contributed by atoms with Crippen molar-refractivity contribution in [1.29, 1.82) is 0 Å². The zero-order valence-electron chi connectivity index (χ0n) is 12.2. The molecule has 116 valence electrons. The van der Waals surface area contributed by atoms with E-state index in [0.29, 0.717) is 23.7 Å². The largest absolute Gasteiger partial charge is 0.383 e. The fourth-order valence-electron chi connectivity index (χ4n) is 2.31. The van der Waals surface area contributed by atoms with Gasteiger partial charge in [-0.2, -0.15) is 5.10 Å². The van der Waals surface area contributed by atoms with E-state index in [4.69, 9.17) is 5.73 Å². The van der Waals surface area contributed by atoms with Crippen molar-refractivity contribution in [1.82, 2.24) is 10.2 Å². The zero-order valence-corrected chi connectivity index (χ0v) is 12.2. The molecule has 2 aromatic carbocycles. The molecule has 0 saturated carbocycles. The van der Waals surface area contributed by atoms with Gasteiger partial charge in [-0.15, -0.1) is 0 Å². The van der Waals surface area contributed by atoms with Gasteiger partial charge in [0.15, 0.2) is 5.82 Å². The van der Waals surface area contributed by atoms with Crippen molar-refractivity contribution in [3.63, 3.8) is 0 Å². The van der Waals surface area contributed by atoms with Crippen molar-refractivity contribution >= 4 is 17.3 Å². The third kappa shape index (κ3) is 3.13. The number of nitro benzene ring substituents is 1. The predicted molar refractivity (Wildman–Crippen MR) is 88.9 cm³/mol. The van der Waals surface area contributed by atoms with Crippen molar-refractivity contribution < 1.29 is 4.92 Å². The monoisotopic (exact) mass is 309 g/mol. The Morgan fingerprint density at radius 3 is 2.48 bits per heavy atom. The maximum absolute atomic E-state index is 10.7. The van der Waals surface area contributed by atoms with Crippen molar-refractivity contribution in [2.75, 3.05) is 11.1 Å². The molecule has 0 aliphatic carbocycles. The third-order valence-electron chi connectivity index (χ3n) is 3.46. The highest BCUT2D eigenvalue weighted by Gasteiger charge is 2.14. The lowest BCUT2D eigenvalue weighted by Gasteiger charge is -2.07. The number of nitrogens with one attached hydrogen (secondary N) is 2. The summed E-state index contributed by atoms with van der Waals surface area (Å²) >= 11 is 0. The van der Waals surface area contributed by atoms with Crippen LogP contribution in [0, 0.1) is 10.1 Å². The van der Waals surface area contributed by atoms with Gasteiger partial charge in [-0.05, 0) is 23.3 Å². The van der Waals surface area contributed by atoms with E-state index >= 15 is 0 Å². The average Bonchev–Trinajstić information content (AvgIpc) is 2.95. The molecule has 0 spiro atoms. The summed E-state index contributed by atoms with van der Waals surface area (Å²) in [6, 6.07) is 16.1. The van der Waals surface area contributed by atoms with Crippen LogP contribution < -0.4 is 11.1 Å². The number of aromatic nitrogens is 2. The molecule has 0 aliphatic heterocycles. The van der Waals surface area contributed by atoms with E-state index in [9.17, 15) is 10.1 Å². The van der Waals surface area contributed by atoms with Gasteiger partial charge in [0.25, 0.3) is 5.69 Å². The highest BCUT2D eigenvalue weighted by atomic mass is 16.6. The van der Waals surface area contributed by atoms with Gasteiger partial charge in [0.05, 0.1) is 10.5 Å². The Bertz CT molecular complexity index is 812. The number of rotatable bonds is 5. The van der Waals surface area contributed by atoms with Gasteiger partial charge < -0.3 is 11.1 Å². The van der Waals surface area contributed by atoms with Gasteiger partial charge in [0, 0.05) is 18.7 Å². The maximum atomic E-state index is 10.7. The summed E-state index contributed by atoms with van der Waals surface area (Å²) in [6.45, 7) is 0.602. The minimum Gasteiger partial charge on any atom is -0.383 e. The number of hydrogen-bond donors (Lipinski definition) is 3. The predicted octanol–water partition coefficient (Wildman–Crippen LogP) is 3.18. The first-order valence-electron chi connectivity index (χ1n) is 7.01. The molecule has 1 heterocycles. The molecule has 1 aromatic heterocycles. The van der Waals surface area contributed by atoms with Gasteiger partial charge in [-0.25, -0.2) is 0 Å². The molecule has 3 aromatic rings. The van der Waals surface area contributed by atoms with Crippen LogP contribution in [0.1, 0.15) is 5.56 Å². The number of aromatic amines is 1. The lowest BCUT2D eigenvalue weighted by Crippen LogP contribution is -2.01. The Kier molecular flexibility index (Phi) is 3.92. The normalized spacial score (nSPS) is 10.4. The Balaban J connectivity index is 1.85. The number of H-pyrrole nitrogens is 1. The number of nitrogens with zero attached hydrogens (tertiary/aromatic N) is 2. The van der Waals surface area contributed by atoms with Crippen LogP contribution in [0.15, 0.2) is 54.6 Å². The van der Waals surface area contributed by atoms with Crippen molar-refractivity contribution in [3.05, 3.63) is 70.3 Å². The molecule has 7 heteroatoms. The van der Waals surface area contributed by atoms with Gasteiger partial charge >= 0.3 is 0 Å². The maximum Gasteiger partial charge on any atom is 0.269 e. The Morgan fingerprint density at radius 1 is 1.13 bits per heavy atom. The lowest BCUT2D eigenvalue weighted by atomic mass is 10.1. The molecule has 0 radical (unpaired) electrons. The number of non-ortho nitro benzene ring substituents is 1. The molecule has 23 heavy (non-hydrogen) atoms. The molecule has 0 amide bonds. The summed E-state index contributed by atoms with van der Waals surface area (Å²) in [5.41, 5.74) is 8.57. The second-order valence-corrected chi connectivity index (χ2v) is 5.00. The molecular formula is C16H15N5O2. The minimum absolute atomic E-state index is 0.0367. The van der Waals surface area contributed by atoms with Crippen molar-refractivity contribution in [2.45, 2.75) is 6.54 Å². The number of nitro groups is 1. The Morgan fingerprint density at radius 2 is 1.83 bits per heavy atom. The first-order chi connectivity index (χ1) is 11.1. The Hall–Kier alpha value is -3.35. The van der Waals surface area contributed by atoms with E-state index in [1.807, 2.05) is 30.3 Å². The molecule has 0 aliphatic rings. The van der Waals surface area contributed by atoms with E-state index < -0.39 is 4.92 Å². The molecule has 7 nitrogen and oxygen atoms in total. The topological polar surface area (TPSA) is 110 Å². The van der Waals surface area contributed by atoms with E-state index in [1.165, 1.54) is 12.1 Å². The van der Waals surface area contributed by atoms with Gasteiger partial charge in [-0.3, -0.25) is 15.2 Å². The minimum atomic E-state index is -0.433. The molecule has 4 N–H and O–H groups in total. The number of hydrogen-bond acceptors (Lipinski definition) is 5. The highest BCUT2D eigenvalue weighted by Crippen LogP contribution is 2.32. The summed E-state index contributed by atoms with van der Waals surface area (Å²) in [4.78, 5) is 10.3. The summed E-state index contributed by atoms with van der Waals surface area (Å²) < 4.78 is 0. The SMILES string of the molecule is Nc1[nH]nc(NCc2ccccc2)c1-c1ccc([N+](=O)[O-])cc1. The summed E-state index contributed by atoms with van der Waals surface area (Å²) in [6.07, 6.45) is 0. The van der Waals surface area contributed by atoms with Crippen LogP contribution in [-0.2, 0) is 6.54 Å². The van der Waals surface area contributed by atoms with Gasteiger partial charge in [0.2, 0.25) is 0 Å². The van der Waals surface area contributed by atoms with Crippen LogP contribution in [0.3, 0.4) is 0 Å². The third-order valence-corrected chi connectivity index (χ3v) is 3.46. The fourth-order valence-corrected chi connectivity index (χ4v) is 2.31. The van der Waals surface area contributed by atoms with Crippen LogP contribution in [0.2, 0.25) is 0 Å². The van der Waals surface area contributed by atoms with Crippen LogP contribution in [0.4, 0.5) is 17.3 Å². The second kappa shape index (κ2) is 6.18. The number of nitrogen functional groups attached to an aromatic ring is 1. The Labute approximate surface area is 132 Å². The molecule has 0 saturated heterocycles. The summed E-state index contributed by atoms with van der Waals surface area (Å²) in [5.74, 6) is 1.02. The fraction of sp³-hybridized carbons (Fsp3) is 0.0625. The first-order valence-corrected chi connectivity index (χ1v) is 7.01. The first kappa shape index (κ1) is 14.6. The molecular weight excluding hydrogens is 294 g/mol. The van der Waals surface area contributed by atoms with E-state index in [1.54, 1.807) is 12.1 Å². The highest BCUT2D eigenvalue weighted by molar-refractivity contribution is 5.84. The number of anilines is 2. The van der Waals surface area contributed by atoms with Gasteiger partial charge in [0.1, 0.15) is 5.82 Å². The molecule has 0 bridgehead atoms. The van der Waals surface area contributed by atoms with Crippen molar-refractivity contribution in [2.24, 2.45) is 0 Å². The van der Waals surface area contributed by atoms with E-state index in [2.05, 4.69) is 15.5 Å². The van der Waals surface area contributed by atoms with Gasteiger partial charge in [-0.1, -0.05) is 30.3 Å². The quantitative estimate of drug-likeness (QED) is 0.495. The van der Waals surface area contributed by atoms with Crippen LogP contribution >= 0.6 is 0 Å². The summed E-state index contributed by atoms with van der Waals surface area (Å²) in [5, 5.41) is 20.9. The average molecular weight is 309 g/mol. The van der Waals surface area contributed by atoms with Crippen molar-refractivity contribution in [3.8, 4) is 11.1 Å². The number of nitrogens with two attached hydrogens (primary N) is 1. The molecule has 0 fully saturated rings. The second-order valence-electron chi connectivity index (χ2n) is 5.00. The smallest absolute Gasteiger partial charge is 0.269 e. The van der Waals surface area contributed by atoms with Crippen LogP contribution in [-0.4, -0.2) is 15.1 Å². The zero-order chi connectivity index (χ0) is 16.2. The molecule has 0 unspecified atom stereocenters. The standard InChI is InChI=1S/C16H15N5O2/c17-15-14(12-6-8-13(9-7-12)21(22)23)16(20-19-15)18-10-11-4-2-1-3-5-11/h1-9H,10H2,(H4,17,18,19,20). The lowest BCUT2D eigenvalue weighted by molar-refractivity contribution is -0.384.